The monoisotopic (exact) mass is 336 g/mol. The molecule has 0 bridgehead atoms. The van der Waals surface area contributed by atoms with Gasteiger partial charge < -0.3 is 24.8 Å². The van der Waals surface area contributed by atoms with Gasteiger partial charge in [-0.05, 0) is 37.0 Å². The number of urea groups is 1. The van der Waals surface area contributed by atoms with Crippen LogP contribution in [0.1, 0.15) is 18.4 Å². The summed E-state index contributed by atoms with van der Waals surface area (Å²) in [4.78, 5) is 24.8. The first-order chi connectivity index (χ1) is 11.5. The number of rotatable bonds is 6. The average Bonchev–Trinajstić information content (AvgIpc) is 2.61. The number of aliphatic carboxylic acids is 1. The fraction of sp³-hybridized carbons (Fsp3) is 0.529. The number of carboxylic acids is 1. The highest BCUT2D eigenvalue weighted by Crippen LogP contribution is 2.27. The number of carboxylic acid groups (broad SMARTS) is 1. The summed E-state index contributed by atoms with van der Waals surface area (Å²) in [5.74, 6) is 0.0214. The molecule has 0 radical (unpaired) electrons. The van der Waals surface area contributed by atoms with Crippen molar-refractivity contribution in [3.05, 3.63) is 23.8 Å². The molecule has 7 nitrogen and oxygen atoms in total. The Hall–Kier alpha value is -2.44. The number of benzene rings is 1. The lowest BCUT2D eigenvalue weighted by Gasteiger charge is -2.30. The van der Waals surface area contributed by atoms with Crippen LogP contribution >= 0.6 is 0 Å². The normalized spacial score (nSPS) is 17.2. The molecule has 1 aliphatic rings. The first kappa shape index (κ1) is 17.9. The third kappa shape index (κ3) is 4.53. The topological polar surface area (TPSA) is 88.1 Å². The fourth-order valence-corrected chi connectivity index (χ4v) is 2.82. The van der Waals surface area contributed by atoms with Crippen molar-refractivity contribution >= 4 is 12.0 Å². The minimum absolute atomic E-state index is 0.207. The lowest BCUT2D eigenvalue weighted by atomic mass is 9.99. The molecule has 1 atom stereocenters. The molecule has 1 fully saturated rings. The molecule has 1 aromatic carbocycles. The number of hydrogen-bond donors (Lipinski definition) is 2. The van der Waals surface area contributed by atoms with Gasteiger partial charge in [-0.1, -0.05) is 6.07 Å². The molecule has 1 aliphatic heterocycles. The van der Waals surface area contributed by atoms with Crippen molar-refractivity contribution in [2.45, 2.75) is 19.3 Å². The Balaban J connectivity index is 1.83. The van der Waals surface area contributed by atoms with Gasteiger partial charge in [0.2, 0.25) is 0 Å². The molecule has 2 N–H and O–H groups in total. The van der Waals surface area contributed by atoms with Gasteiger partial charge in [-0.3, -0.25) is 4.79 Å². The van der Waals surface area contributed by atoms with E-state index < -0.39 is 11.9 Å². The zero-order chi connectivity index (χ0) is 17.5. The lowest BCUT2D eigenvalue weighted by Crippen LogP contribution is -2.47. The van der Waals surface area contributed by atoms with Crippen LogP contribution in [0.25, 0.3) is 0 Å². The molecule has 1 unspecified atom stereocenters. The molecule has 24 heavy (non-hydrogen) atoms. The van der Waals surface area contributed by atoms with Crippen LogP contribution < -0.4 is 14.8 Å². The molecule has 0 aromatic heterocycles. The SMILES string of the molecule is COc1ccc(CCNC(=O)N2CCCC(C(=O)O)C2)cc1OC. The summed E-state index contributed by atoms with van der Waals surface area (Å²) < 4.78 is 10.5. The quantitative estimate of drug-likeness (QED) is 0.826. The number of hydrogen-bond acceptors (Lipinski definition) is 4. The first-order valence-electron chi connectivity index (χ1n) is 8.01. The number of carbonyl (C=O) groups excluding carboxylic acids is 1. The van der Waals surface area contributed by atoms with E-state index in [-0.39, 0.29) is 12.6 Å². The summed E-state index contributed by atoms with van der Waals surface area (Å²) in [6, 6.07) is 5.43. The van der Waals surface area contributed by atoms with Gasteiger partial charge in [0.1, 0.15) is 0 Å². The second kappa shape index (κ2) is 8.42. The third-order valence-electron chi connectivity index (χ3n) is 4.20. The minimum Gasteiger partial charge on any atom is -0.493 e. The number of nitrogens with one attached hydrogen (secondary N) is 1. The van der Waals surface area contributed by atoms with Crippen molar-refractivity contribution in [2.24, 2.45) is 5.92 Å². The van der Waals surface area contributed by atoms with E-state index in [1.165, 1.54) is 0 Å². The van der Waals surface area contributed by atoms with E-state index in [1.807, 2.05) is 18.2 Å². The van der Waals surface area contributed by atoms with E-state index in [1.54, 1.807) is 19.1 Å². The highest BCUT2D eigenvalue weighted by Gasteiger charge is 2.27. The zero-order valence-corrected chi connectivity index (χ0v) is 14.1. The average molecular weight is 336 g/mol. The largest absolute Gasteiger partial charge is 0.493 e. The van der Waals surface area contributed by atoms with E-state index in [2.05, 4.69) is 5.32 Å². The number of likely N-dealkylation sites (tertiary alicyclic amines) is 1. The highest BCUT2D eigenvalue weighted by molar-refractivity contribution is 5.76. The predicted molar refractivity (Wildman–Crippen MR) is 88.6 cm³/mol. The molecule has 2 amide bonds. The number of nitrogens with zero attached hydrogens (tertiary/aromatic N) is 1. The Morgan fingerprint density at radius 2 is 2.04 bits per heavy atom. The van der Waals surface area contributed by atoms with Crippen LogP contribution in [0.3, 0.4) is 0 Å². The first-order valence-corrected chi connectivity index (χ1v) is 8.01. The molecule has 1 aromatic rings. The second-order valence-electron chi connectivity index (χ2n) is 5.79. The van der Waals surface area contributed by atoms with E-state index in [0.29, 0.717) is 37.4 Å². The Morgan fingerprint density at radius 3 is 2.71 bits per heavy atom. The summed E-state index contributed by atoms with van der Waals surface area (Å²) in [5, 5.41) is 11.9. The molecule has 1 saturated heterocycles. The van der Waals surface area contributed by atoms with E-state index in [9.17, 15) is 9.59 Å². The minimum atomic E-state index is -0.835. The van der Waals surface area contributed by atoms with Gasteiger partial charge >= 0.3 is 12.0 Å². The molecule has 1 heterocycles. The summed E-state index contributed by atoms with van der Waals surface area (Å²) in [5.41, 5.74) is 1.02. The predicted octanol–water partition coefficient (Wildman–Crippen LogP) is 1.75. The van der Waals surface area contributed by atoms with Crippen LogP contribution in [0.4, 0.5) is 4.79 Å². The summed E-state index contributed by atoms with van der Waals surface area (Å²) in [6.45, 7) is 1.35. The van der Waals surface area contributed by atoms with Gasteiger partial charge in [0.15, 0.2) is 11.5 Å². The molecule has 2 rings (SSSR count). The van der Waals surface area contributed by atoms with Crippen LogP contribution in [0.15, 0.2) is 18.2 Å². The zero-order valence-electron chi connectivity index (χ0n) is 14.1. The van der Waals surface area contributed by atoms with Crippen LogP contribution in [0.5, 0.6) is 11.5 Å². The molecule has 0 aliphatic carbocycles. The Kier molecular flexibility index (Phi) is 6.28. The van der Waals surface area contributed by atoms with Gasteiger partial charge in [0.25, 0.3) is 0 Å². The van der Waals surface area contributed by atoms with Crippen LogP contribution in [0.2, 0.25) is 0 Å². The van der Waals surface area contributed by atoms with Gasteiger partial charge in [0, 0.05) is 19.6 Å². The maximum atomic E-state index is 12.2. The van der Waals surface area contributed by atoms with Crippen molar-refractivity contribution in [1.29, 1.82) is 0 Å². The van der Waals surface area contributed by atoms with Gasteiger partial charge in [-0.2, -0.15) is 0 Å². The lowest BCUT2D eigenvalue weighted by molar-refractivity contribution is -0.143. The van der Waals surface area contributed by atoms with Crippen LogP contribution in [-0.4, -0.2) is 55.9 Å². The molecular formula is C17H24N2O5. The Morgan fingerprint density at radius 1 is 1.29 bits per heavy atom. The molecule has 132 valence electrons. The molecule has 0 spiro atoms. The van der Waals surface area contributed by atoms with Crippen molar-refractivity contribution in [1.82, 2.24) is 10.2 Å². The number of ether oxygens (including phenoxy) is 2. The van der Waals surface area contributed by atoms with Gasteiger partial charge in [0.05, 0.1) is 20.1 Å². The number of carbonyl (C=O) groups is 2. The summed E-state index contributed by atoms with van der Waals surface area (Å²) in [6.07, 6.45) is 2.01. The Bertz CT molecular complexity index is 590. The van der Waals surface area contributed by atoms with E-state index in [4.69, 9.17) is 14.6 Å². The highest BCUT2D eigenvalue weighted by atomic mass is 16.5. The fourth-order valence-electron chi connectivity index (χ4n) is 2.82. The van der Waals surface area contributed by atoms with Gasteiger partial charge in [-0.15, -0.1) is 0 Å². The Labute approximate surface area is 141 Å². The van der Waals surface area contributed by atoms with Crippen LogP contribution in [0, 0.1) is 5.92 Å². The smallest absolute Gasteiger partial charge is 0.317 e. The molecule has 0 saturated carbocycles. The maximum Gasteiger partial charge on any atom is 0.317 e. The summed E-state index contributed by atoms with van der Waals surface area (Å²) in [7, 11) is 3.17. The second-order valence-corrected chi connectivity index (χ2v) is 5.79. The van der Waals surface area contributed by atoms with E-state index in [0.717, 1.165) is 12.0 Å². The molecular weight excluding hydrogens is 312 g/mol. The maximum absolute atomic E-state index is 12.2. The van der Waals surface area contributed by atoms with Crippen LogP contribution in [-0.2, 0) is 11.2 Å². The number of methoxy groups -OCH3 is 2. The third-order valence-corrected chi connectivity index (χ3v) is 4.20. The van der Waals surface area contributed by atoms with E-state index >= 15 is 0 Å². The van der Waals surface area contributed by atoms with Gasteiger partial charge in [-0.25, -0.2) is 4.79 Å². The number of amides is 2. The molecule has 7 heteroatoms. The summed E-state index contributed by atoms with van der Waals surface area (Å²) >= 11 is 0. The number of piperidine rings is 1. The van der Waals surface area contributed by atoms with Crippen molar-refractivity contribution in [3.8, 4) is 11.5 Å². The standard InChI is InChI=1S/C17H24N2O5/c1-23-14-6-5-12(10-15(14)24-2)7-8-18-17(22)19-9-3-4-13(11-19)16(20)21/h5-6,10,13H,3-4,7-9,11H2,1-2H3,(H,18,22)(H,20,21). The van der Waals surface area contributed by atoms with Crippen molar-refractivity contribution in [3.63, 3.8) is 0 Å². The van der Waals surface area contributed by atoms with Crippen molar-refractivity contribution in [2.75, 3.05) is 33.9 Å². The van der Waals surface area contributed by atoms with Crippen molar-refractivity contribution < 1.29 is 24.2 Å².